The monoisotopic (exact) mass is 396 g/mol. The molecule has 1 rings (SSSR count). The second-order valence-electron chi connectivity index (χ2n) is 6.54. The summed E-state index contributed by atoms with van der Waals surface area (Å²) in [5, 5.41) is 15.6. The summed E-state index contributed by atoms with van der Waals surface area (Å²) in [6, 6.07) is -1.96. The van der Waals surface area contributed by atoms with Gasteiger partial charge in [0.2, 0.25) is 17.7 Å². The summed E-state index contributed by atoms with van der Waals surface area (Å²) < 4.78 is 0. The van der Waals surface area contributed by atoms with Gasteiger partial charge in [0, 0.05) is 25.1 Å². The maximum Gasteiger partial charge on any atom is 0.322 e. The number of rotatable bonds is 10. The highest BCUT2D eigenvalue weighted by molar-refractivity contribution is 6.13. The Morgan fingerprint density at radius 1 is 1.00 bits per heavy atom. The Kier molecular flexibility index (Phi) is 8.29. The van der Waals surface area contributed by atoms with E-state index in [4.69, 9.17) is 5.11 Å². The molecule has 0 saturated heterocycles. The summed E-state index contributed by atoms with van der Waals surface area (Å²) in [5.74, 6) is -4.36. The first-order valence-corrected chi connectivity index (χ1v) is 8.65. The predicted molar refractivity (Wildman–Crippen MR) is 95.5 cm³/mol. The van der Waals surface area contributed by atoms with Crippen molar-refractivity contribution in [3.63, 3.8) is 0 Å². The third-order valence-electron chi connectivity index (χ3n) is 3.89. The minimum atomic E-state index is -1.22. The fourth-order valence-electron chi connectivity index (χ4n) is 2.33. The second-order valence-corrected chi connectivity index (χ2v) is 6.54. The minimum Gasteiger partial charge on any atom is -0.480 e. The number of aliphatic carboxylic acids is 1. The maximum atomic E-state index is 12.4. The van der Waals surface area contributed by atoms with Gasteiger partial charge in [-0.3, -0.25) is 33.7 Å². The molecule has 0 fully saturated rings. The Morgan fingerprint density at radius 2 is 1.57 bits per heavy atom. The highest BCUT2D eigenvalue weighted by Crippen LogP contribution is 2.06. The van der Waals surface area contributed by atoms with Crippen molar-refractivity contribution in [3.8, 4) is 0 Å². The highest BCUT2D eigenvalue weighted by Gasteiger charge is 2.28. The van der Waals surface area contributed by atoms with Gasteiger partial charge in [-0.1, -0.05) is 13.8 Å². The van der Waals surface area contributed by atoms with Crippen LogP contribution in [-0.2, 0) is 28.8 Å². The standard InChI is InChI=1S/C17H24N4O7/c1-9(2)15(17(28)19-10(3)16(27)18-8-14(25)26)20-11(22)6-7-21-12(23)4-5-13(21)24/h4-5,9-10,15H,6-8H2,1-3H3,(H,18,27)(H,19,28)(H,20,22)(H,25,26)/t10-,15-/m0/s1. The van der Waals surface area contributed by atoms with Crippen LogP contribution in [0.15, 0.2) is 12.2 Å². The lowest BCUT2D eigenvalue weighted by atomic mass is 10.0. The number of hydrogen-bond acceptors (Lipinski definition) is 6. The van der Waals surface area contributed by atoms with Crippen molar-refractivity contribution in [1.29, 1.82) is 0 Å². The van der Waals surface area contributed by atoms with Crippen LogP contribution < -0.4 is 16.0 Å². The molecule has 0 spiro atoms. The Morgan fingerprint density at radius 3 is 2.07 bits per heavy atom. The molecular formula is C17H24N4O7. The van der Waals surface area contributed by atoms with Crippen LogP contribution in [0.3, 0.4) is 0 Å². The van der Waals surface area contributed by atoms with E-state index in [1.165, 1.54) is 6.92 Å². The van der Waals surface area contributed by atoms with Crippen LogP contribution in [0.4, 0.5) is 0 Å². The van der Waals surface area contributed by atoms with Gasteiger partial charge < -0.3 is 21.1 Å². The molecule has 1 aliphatic heterocycles. The van der Waals surface area contributed by atoms with Gasteiger partial charge in [0.25, 0.3) is 11.8 Å². The van der Waals surface area contributed by atoms with Crippen molar-refractivity contribution in [1.82, 2.24) is 20.9 Å². The number of amides is 5. The molecule has 0 aromatic heterocycles. The van der Waals surface area contributed by atoms with Crippen molar-refractivity contribution in [2.75, 3.05) is 13.1 Å². The fourth-order valence-corrected chi connectivity index (χ4v) is 2.33. The van der Waals surface area contributed by atoms with E-state index in [-0.39, 0.29) is 18.9 Å². The van der Waals surface area contributed by atoms with Crippen molar-refractivity contribution in [2.45, 2.75) is 39.3 Å². The second kappa shape index (κ2) is 10.2. The molecule has 0 radical (unpaired) electrons. The zero-order valence-electron chi connectivity index (χ0n) is 15.9. The van der Waals surface area contributed by atoms with E-state index in [0.717, 1.165) is 17.1 Å². The van der Waals surface area contributed by atoms with Crippen LogP contribution in [0.1, 0.15) is 27.2 Å². The number of imide groups is 1. The lowest BCUT2D eigenvalue weighted by Crippen LogP contribution is -2.55. The summed E-state index contributed by atoms with van der Waals surface area (Å²) in [6.07, 6.45) is 2.05. The predicted octanol–water partition coefficient (Wildman–Crippen LogP) is -1.85. The topological polar surface area (TPSA) is 162 Å². The molecule has 1 heterocycles. The smallest absolute Gasteiger partial charge is 0.322 e. The first kappa shape index (κ1) is 22.8. The Bertz CT molecular complexity index is 684. The van der Waals surface area contributed by atoms with Crippen LogP contribution in [0, 0.1) is 5.92 Å². The van der Waals surface area contributed by atoms with Crippen molar-refractivity contribution < 1.29 is 33.9 Å². The molecule has 0 bridgehead atoms. The molecule has 28 heavy (non-hydrogen) atoms. The minimum absolute atomic E-state index is 0.114. The van der Waals surface area contributed by atoms with Crippen molar-refractivity contribution in [3.05, 3.63) is 12.2 Å². The summed E-state index contributed by atoms with van der Waals surface area (Å²) in [7, 11) is 0. The van der Waals surface area contributed by atoms with E-state index in [0.29, 0.717) is 0 Å². The molecule has 11 nitrogen and oxygen atoms in total. The largest absolute Gasteiger partial charge is 0.480 e. The number of carboxylic acid groups (broad SMARTS) is 1. The summed E-state index contributed by atoms with van der Waals surface area (Å²) in [6.45, 7) is 4.07. The first-order chi connectivity index (χ1) is 13.0. The van der Waals surface area contributed by atoms with Gasteiger partial charge in [-0.2, -0.15) is 0 Å². The molecule has 0 aromatic rings. The Balaban J connectivity index is 2.56. The zero-order valence-corrected chi connectivity index (χ0v) is 15.9. The highest BCUT2D eigenvalue weighted by atomic mass is 16.4. The average molecular weight is 396 g/mol. The molecule has 0 aliphatic carbocycles. The molecule has 0 aromatic carbocycles. The number of carbonyl (C=O) groups excluding carboxylic acids is 5. The maximum absolute atomic E-state index is 12.4. The van der Waals surface area contributed by atoms with Crippen LogP contribution in [-0.4, -0.2) is 70.7 Å². The van der Waals surface area contributed by atoms with Crippen LogP contribution in [0.5, 0.6) is 0 Å². The van der Waals surface area contributed by atoms with E-state index in [1.807, 2.05) is 0 Å². The third-order valence-corrected chi connectivity index (χ3v) is 3.89. The van der Waals surface area contributed by atoms with Crippen LogP contribution >= 0.6 is 0 Å². The number of nitrogens with zero attached hydrogens (tertiary/aromatic N) is 1. The van der Waals surface area contributed by atoms with E-state index in [2.05, 4.69) is 16.0 Å². The number of carboxylic acids is 1. The van der Waals surface area contributed by atoms with Crippen molar-refractivity contribution in [2.24, 2.45) is 5.92 Å². The molecule has 5 amide bonds. The third kappa shape index (κ3) is 6.82. The Labute approximate surface area is 161 Å². The van der Waals surface area contributed by atoms with Gasteiger partial charge in [0.15, 0.2) is 0 Å². The van der Waals surface area contributed by atoms with Gasteiger partial charge >= 0.3 is 5.97 Å². The Hall–Kier alpha value is -3.24. The molecule has 4 N–H and O–H groups in total. The summed E-state index contributed by atoms with van der Waals surface area (Å²) >= 11 is 0. The first-order valence-electron chi connectivity index (χ1n) is 8.65. The molecule has 1 aliphatic rings. The fraction of sp³-hybridized carbons (Fsp3) is 0.529. The van der Waals surface area contributed by atoms with Gasteiger partial charge in [0.1, 0.15) is 18.6 Å². The molecule has 0 unspecified atom stereocenters. The number of hydrogen-bond donors (Lipinski definition) is 4. The van der Waals surface area contributed by atoms with E-state index in [9.17, 15) is 28.8 Å². The van der Waals surface area contributed by atoms with Gasteiger partial charge in [0.05, 0.1) is 0 Å². The van der Waals surface area contributed by atoms with E-state index >= 15 is 0 Å². The van der Waals surface area contributed by atoms with Gasteiger partial charge in [-0.15, -0.1) is 0 Å². The lowest BCUT2D eigenvalue weighted by molar-refractivity contribution is -0.139. The normalized spacial score (nSPS) is 15.4. The van der Waals surface area contributed by atoms with Gasteiger partial charge in [-0.05, 0) is 12.8 Å². The molecular weight excluding hydrogens is 372 g/mol. The SMILES string of the molecule is CC(C)[C@H](NC(=O)CCN1C(=O)C=CC1=O)C(=O)N[C@@H](C)C(=O)NCC(=O)O. The van der Waals surface area contributed by atoms with Crippen molar-refractivity contribution >= 4 is 35.5 Å². The van der Waals surface area contributed by atoms with E-state index < -0.39 is 54.1 Å². The zero-order chi connectivity index (χ0) is 21.4. The summed E-state index contributed by atoms with van der Waals surface area (Å²) in [4.78, 5) is 70.6. The molecule has 11 heteroatoms. The average Bonchev–Trinajstić information content (AvgIpc) is 2.93. The quantitative estimate of drug-likeness (QED) is 0.315. The molecule has 0 saturated carbocycles. The van der Waals surface area contributed by atoms with Crippen LogP contribution in [0.25, 0.3) is 0 Å². The molecule has 2 atom stereocenters. The number of nitrogens with one attached hydrogen (secondary N) is 3. The lowest BCUT2D eigenvalue weighted by Gasteiger charge is -2.24. The van der Waals surface area contributed by atoms with Gasteiger partial charge in [-0.25, -0.2) is 0 Å². The van der Waals surface area contributed by atoms with E-state index in [1.54, 1.807) is 13.8 Å². The number of carbonyl (C=O) groups is 6. The van der Waals surface area contributed by atoms with Crippen LogP contribution in [0.2, 0.25) is 0 Å². The molecule has 154 valence electrons. The summed E-state index contributed by atoms with van der Waals surface area (Å²) in [5.41, 5.74) is 0.